The monoisotopic (exact) mass is 265 g/mol. The summed E-state index contributed by atoms with van der Waals surface area (Å²) in [6.45, 7) is 2.67. The summed E-state index contributed by atoms with van der Waals surface area (Å²) in [5.74, 6) is 0.824. The van der Waals surface area contributed by atoms with Crippen LogP contribution in [-0.2, 0) is 6.54 Å². The number of hydrogen-bond donors (Lipinski definition) is 2. The zero-order chi connectivity index (χ0) is 13.8. The minimum atomic E-state index is 0.725. The number of aryl methyl sites for hydroxylation is 1. The highest BCUT2D eigenvalue weighted by molar-refractivity contribution is 5.58. The fourth-order valence-corrected chi connectivity index (χ4v) is 1.99. The fourth-order valence-electron chi connectivity index (χ4n) is 1.99. The van der Waals surface area contributed by atoms with Crippen LogP contribution in [-0.4, -0.2) is 20.2 Å². The molecule has 0 unspecified atom stereocenters. The summed E-state index contributed by atoms with van der Waals surface area (Å²) in [4.78, 5) is 8.47. The molecule has 2 heterocycles. The second-order valence-electron chi connectivity index (χ2n) is 4.51. The van der Waals surface area contributed by atoms with Crippen LogP contribution in [0, 0.1) is 6.92 Å². The number of anilines is 1. The summed E-state index contributed by atoms with van der Waals surface area (Å²) in [7, 11) is 0. The Morgan fingerprint density at radius 2 is 1.80 bits per heavy atom. The molecule has 2 N–H and O–H groups in total. The van der Waals surface area contributed by atoms with E-state index in [1.54, 1.807) is 18.6 Å². The molecular formula is C15H15N5. The third-order valence-electron chi connectivity index (χ3n) is 3.11. The summed E-state index contributed by atoms with van der Waals surface area (Å²) in [6.07, 6.45) is 5.14. The fraction of sp³-hybridized carbons (Fsp3) is 0.133. The summed E-state index contributed by atoms with van der Waals surface area (Å²) < 4.78 is 0. The van der Waals surface area contributed by atoms with Crippen LogP contribution in [0.3, 0.4) is 0 Å². The molecule has 5 nitrogen and oxygen atoms in total. The molecule has 0 aliphatic carbocycles. The third kappa shape index (κ3) is 2.66. The van der Waals surface area contributed by atoms with E-state index in [9.17, 15) is 0 Å². The van der Waals surface area contributed by atoms with Gasteiger partial charge in [-0.3, -0.25) is 10.1 Å². The lowest BCUT2D eigenvalue weighted by Crippen LogP contribution is -2.03. The van der Waals surface area contributed by atoms with E-state index in [4.69, 9.17) is 0 Å². The molecule has 0 atom stereocenters. The number of nitrogens with zero attached hydrogens (tertiary/aromatic N) is 3. The van der Waals surface area contributed by atoms with Crippen molar-refractivity contribution in [3.63, 3.8) is 0 Å². The van der Waals surface area contributed by atoms with E-state index >= 15 is 0 Å². The molecule has 0 amide bonds. The zero-order valence-electron chi connectivity index (χ0n) is 11.2. The predicted octanol–water partition coefficient (Wildman–Crippen LogP) is 2.79. The number of aromatic nitrogens is 4. The van der Waals surface area contributed by atoms with E-state index < -0.39 is 0 Å². The summed E-state index contributed by atoms with van der Waals surface area (Å²) in [5, 5.41) is 10.2. The first-order valence-electron chi connectivity index (χ1n) is 6.43. The van der Waals surface area contributed by atoms with Crippen molar-refractivity contribution in [2.75, 3.05) is 5.32 Å². The van der Waals surface area contributed by atoms with Gasteiger partial charge in [0.25, 0.3) is 0 Å². The van der Waals surface area contributed by atoms with Gasteiger partial charge in [-0.25, -0.2) is 4.98 Å². The minimum absolute atomic E-state index is 0.725. The molecule has 100 valence electrons. The van der Waals surface area contributed by atoms with Gasteiger partial charge < -0.3 is 5.32 Å². The van der Waals surface area contributed by atoms with E-state index in [2.05, 4.69) is 49.7 Å². The Balaban J connectivity index is 1.68. The molecule has 0 aliphatic rings. The van der Waals surface area contributed by atoms with E-state index in [0.717, 1.165) is 29.3 Å². The van der Waals surface area contributed by atoms with Crippen LogP contribution in [0.5, 0.6) is 0 Å². The molecule has 1 aromatic carbocycles. The number of hydrogen-bond acceptors (Lipinski definition) is 4. The summed E-state index contributed by atoms with van der Waals surface area (Å²) >= 11 is 0. The van der Waals surface area contributed by atoms with Crippen molar-refractivity contribution >= 4 is 5.82 Å². The van der Waals surface area contributed by atoms with Gasteiger partial charge in [0.15, 0.2) is 0 Å². The molecule has 0 aliphatic heterocycles. The van der Waals surface area contributed by atoms with Crippen LogP contribution >= 0.6 is 0 Å². The molecule has 0 saturated heterocycles. The van der Waals surface area contributed by atoms with Crippen molar-refractivity contribution in [3.05, 3.63) is 60.2 Å². The van der Waals surface area contributed by atoms with Crippen molar-refractivity contribution < 1.29 is 0 Å². The zero-order valence-corrected chi connectivity index (χ0v) is 11.2. The topological polar surface area (TPSA) is 66.5 Å². The number of aromatic amines is 1. The maximum atomic E-state index is 4.26. The Kier molecular flexibility index (Phi) is 3.41. The van der Waals surface area contributed by atoms with Crippen LogP contribution in [0.25, 0.3) is 11.3 Å². The van der Waals surface area contributed by atoms with Gasteiger partial charge in [-0.05, 0) is 24.1 Å². The Morgan fingerprint density at radius 3 is 2.50 bits per heavy atom. The van der Waals surface area contributed by atoms with E-state index in [1.807, 2.05) is 13.0 Å². The van der Waals surface area contributed by atoms with Crippen molar-refractivity contribution in [1.82, 2.24) is 20.2 Å². The smallest absolute Gasteiger partial charge is 0.147 e. The molecule has 20 heavy (non-hydrogen) atoms. The van der Waals surface area contributed by atoms with Crippen LogP contribution < -0.4 is 5.32 Å². The highest BCUT2D eigenvalue weighted by Gasteiger charge is 2.01. The predicted molar refractivity (Wildman–Crippen MR) is 78.1 cm³/mol. The van der Waals surface area contributed by atoms with E-state index in [0.29, 0.717) is 0 Å². The molecule has 0 bridgehead atoms. The molecule has 3 rings (SSSR count). The van der Waals surface area contributed by atoms with Crippen molar-refractivity contribution in [1.29, 1.82) is 0 Å². The van der Waals surface area contributed by atoms with Crippen molar-refractivity contribution in [3.8, 4) is 11.3 Å². The molecule has 0 spiro atoms. The largest absolute Gasteiger partial charge is 0.364 e. The molecule has 3 aromatic rings. The Hall–Kier alpha value is -2.69. The van der Waals surface area contributed by atoms with Gasteiger partial charge in [-0.2, -0.15) is 5.10 Å². The van der Waals surface area contributed by atoms with E-state index in [1.165, 1.54) is 5.56 Å². The Morgan fingerprint density at radius 1 is 1.00 bits per heavy atom. The first-order chi connectivity index (χ1) is 9.83. The van der Waals surface area contributed by atoms with Gasteiger partial charge in [0.2, 0.25) is 0 Å². The molecule has 0 radical (unpaired) electrons. The number of H-pyrrole nitrogens is 1. The van der Waals surface area contributed by atoms with Gasteiger partial charge in [-0.15, -0.1) is 0 Å². The minimum Gasteiger partial charge on any atom is -0.364 e. The van der Waals surface area contributed by atoms with Crippen LogP contribution in [0.2, 0.25) is 0 Å². The maximum Gasteiger partial charge on any atom is 0.147 e. The second kappa shape index (κ2) is 5.52. The van der Waals surface area contributed by atoms with Gasteiger partial charge in [0.05, 0.1) is 11.4 Å². The lowest BCUT2D eigenvalue weighted by atomic mass is 10.1. The average Bonchev–Trinajstić information content (AvgIpc) is 3.01. The van der Waals surface area contributed by atoms with Gasteiger partial charge >= 0.3 is 0 Å². The van der Waals surface area contributed by atoms with Crippen molar-refractivity contribution in [2.45, 2.75) is 13.5 Å². The third-order valence-corrected chi connectivity index (χ3v) is 3.11. The quantitative estimate of drug-likeness (QED) is 0.761. The normalized spacial score (nSPS) is 10.4. The first kappa shape index (κ1) is 12.3. The second-order valence-corrected chi connectivity index (χ2v) is 4.51. The van der Waals surface area contributed by atoms with Gasteiger partial charge in [-0.1, -0.05) is 24.3 Å². The Labute approximate surface area is 117 Å². The Bertz CT molecular complexity index is 674. The highest BCUT2D eigenvalue weighted by Crippen LogP contribution is 2.17. The number of nitrogens with one attached hydrogen (secondary N) is 2. The van der Waals surface area contributed by atoms with Crippen molar-refractivity contribution in [2.24, 2.45) is 0 Å². The molecule has 0 saturated carbocycles. The van der Waals surface area contributed by atoms with E-state index in [-0.39, 0.29) is 0 Å². The SMILES string of the molecule is Cc1nccnc1NCc1ccc(-c2ccn[nH]2)cc1. The first-order valence-corrected chi connectivity index (χ1v) is 6.43. The average molecular weight is 265 g/mol. The standard InChI is InChI=1S/C15H15N5/c1-11-15(17-9-8-16-11)18-10-12-2-4-13(5-3-12)14-6-7-19-20-14/h2-9H,10H2,1H3,(H,17,18)(H,19,20). The number of rotatable bonds is 4. The summed E-state index contributed by atoms with van der Waals surface area (Å²) in [5.41, 5.74) is 4.25. The highest BCUT2D eigenvalue weighted by atomic mass is 15.1. The van der Waals surface area contributed by atoms with Gasteiger partial charge in [0.1, 0.15) is 5.82 Å². The van der Waals surface area contributed by atoms with Crippen LogP contribution in [0.4, 0.5) is 5.82 Å². The lowest BCUT2D eigenvalue weighted by molar-refractivity contribution is 1.05. The maximum absolute atomic E-state index is 4.26. The van der Waals surface area contributed by atoms with Crippen LogP contribution in [0.15, 0.2) is 48.9 Å². The lowest BCUT2D eigenvalue weighted by Gasteiger charge is -2.08. The summed E-state index contributed by atoms with van der Waals surface area (Å²) in [6, 6.07) is 10.3. The molecule has 5 heteroatoms. The molecular weight excluding hydrogens is 250 g/mol. The van der Waals surface area contributed by atoms with Gasteiger partial charge in [0, 0.05) is 25.1 Å². The van der Waals surface area contributed by atoms with Crippen LogP contribution in [0.1, 0.15) is 11.3 Å². The number of benzene rings is 1. The molecule has 0 fully saturated rings. The molecule has 2 aromatic heterocycles.